The Hall–Kier alpha value is -3.41. The van der Waals surface area contributed by atoms with Crippen molar-refractivity contribution in [2.75, 3.05) is 26.5 Å². The van der Waals surface area contributed by atoms with Crippen LogP contribution < -0.4 is 14.2 Å². The summed E-state index contributed by atoms with van der Waals surface area (Å²) in [6.45, 7) is 0.404. The number of methoxy groups -OCH3 is 1. The zero-order valence-electron chi connectivity index (χ0n) is 19.2. The Balaban J connectivity index is 1.55. The van der Waals surface area contributed by atoms with Crippen molar-refractivity contribution in [1.82, 2.24) is 19.7 Å². The van der Waals surface area contributed by atoms with Gasteiger partial charge in [0, 0.05) is 36.1 Å². The molecule has 0 fully saturated rings. The molecule has 3 aromatic heterocycles. The van der Waals surface area contributed by atoms with E-state index in [1.54, 1.807) is 37.7 Å². The third kappa shape index (κ3) is 7.04. The minimum Gasteiger partial charge on any atom is -0.492 e. The van der Waals surface area contributed by atoms with Gasteiger partial charge in [0.2, 0.25) is 21.8 Å². The van der Waals surface area contributed by atoms with E-state index in [1.807, 2.05) is 36.4 Å². The Morgan fingerprint density at radius 1 is 1.03 bits per heavy atom. The zero-order valence-corrected chi connectivity index (χ0v) is 20.8. The SMILES string of the molecule is COc1ccc(-c2nc(CSc3ccccn3)oc2-c2ccc(OCCNS(C)(=O)=O)cc2)cn1. The minimum atomic E-state index is -3.25. The van der Waals surface area contributed by atoms with Crippen LogP contribution in [0.4, 0.5) is 0 Å². The molecule has 0 aliphatic carbocycles. The average Bonchev–Trinajstić information content (AvgIpc) is 3.30. The lowest BCUT2D eigenvalue weighted by Gasteiger charge is -2.07. The average molecular weight is 513 g/mol. The first-order valence-electron chi connectivity index (χ1n) is 10.6. The Kier molecular flexibility index (Phi) is 8.01. The molecule has 0 radical (unpaired) electrons. The first-order valence-corrected chi connectivity index (χ1v) is 13.5. The Morgan fingerprint density at radius 3 is 2.49 bits per heavy atom. The molecule has 0 atom stereocenters. The van der Waals surface area contributed by atoms with Crippen LogP contribution in [0, 0.1) is 0 Å². The maximum absolute atomic E-state index is 11.2. The van der Waals surface area contributed by atoms with Gasteiger partial charge >= 0.3 is 0 Å². The third-order valence-electron chi connectivity index (χ3n) is 4.72. The van der Waals surface area contributed by atoms with E-state index in [9.17, 15) is 8.42 Å². The highest BCUT2D eigenvalue weighted by molar-refractivity contribution is 7.98. The van der Waals surface area contributed by atoms with Gasteiger partial charge in [0.05, 0.1) is 24.1 Å². The smallest absolute Gasteiger partial charge is 0.212 e. The standard InChI is InChI=1S/C24H24N4O5S2/c1-31-20-11-8-18(15-26-20)23-24(33-21(28-23)16-34-22-5-3-4-12-25-22)17-6-9-19(10-7-17)32-14-13-27-35(2,29)30/h3-12,15,27H,13-14,16H2,1-2H3. The van der Waals surface area contributed by atoms with Crippen molar-refractivity contribution in [3.05, 3.63) is 72.9 Å². The first kappa shape index (κ1) is 24.7. The molecule has 3 heterocycles. The van der Waals surface area contributed by atoms with Gasteiger partial charge in [-0.2, -0.15) is 0 Å². The summed E-state index contributed by atoms with van der Waals surface area (Å²) in [6, 6.07) is 16.8. The fraction of sp³-hybridized carbons (Fsp3) is 0.208. The molecule has 0 saturated heterocycles. The zero-order chi connectivity index (χ0) is 24.7. The third-order valence-corrected chi connectivity index (χ3v) is 6.38. The molecule has 182 valence electrons. The summed E-state index contributed by atoms with van der Waals surface area (Å²) in [7, 11) is -1.68. The van der Waals surface area contributed by atoms with E-state index >= 15 is 0 Å². The van der Waals surface area contributed by atoms with Gasteiger partial charge in [-0.15, -0.1) is 0 Å². The van der Waals surface area contributed by atoms with Gasteiger partial charge in [-0.1, -0.05) is 17.8 Å². The van der Waals surface area contributed by atoms with Gasteiger partial charge < -0.3 is 13.9 Å². The number of aromatic nitrogens is 3. The quantitative estimate of drug-likeness (QED) is 0.235. The molecule has 0 saturated carbocycles. The number of ether oxygens (including phenoxy) is 2. The lowest BCUT2D eigenvalue weighted by Crippen LogP contribution is -2.26. The molecule has 11 heteroatoms. The molecule has 1 N–H and O–H groups in total. The fourth-order valence-electron chi connectivity index (χ4n) is 3.13. The van der Waals surface area contributed by atoms with Crippen molar-refractivity contribution in [2.24, 2.45) is 0 Å². The summed E-state index contributed by atoms with van der Waals surface area (Å²) in [5.41, 5.74) is 2.28. The number of sulfonamides is 1. The maximum Gasteiger partial charge on any atom is 0.212 e. The number of nitrogens with one attached hydrogen (secondary N) is 1. The molecule has 1 aromatic carbocycles. The Labute approximate surface area is 208 Å². The summed E-state index contributed by atoms with van der Waals surface area (Å²) in [6.07, 6.45) is 4.55. The van der Waals surface area contributed by atoms with Gasteiger partial charge in [-0.3, -0.25) is 0 Å². The lowest BCUT2D eigenvalue weighted by molar-refractivity contribution is 0.323. The van der Waals surface area contributed by atoms with Crippen LogP contribution in [0.25, 0.3) is 22.6 Å². The summed E-state index contributed by atoms with van der Waals surface area (Å²) < 4.78 is 41.7. The van der Waals surface area contributed by atoms with Gasteiger partial charge in [-0.25, -0.2) is 28.1 Å². The highest BCUT2D eigenvalue weighted by Crippen LogP contribution is 2.35. The molecule has 9 nitrogen and oxygen atoms in total. The number of benzene rings is 1. The van der Waals surface area contributed by atoms with Crippen LogP contribution in [0.15, 0.2) is 76.4 Å². The van der Waals surface area contributed by atoms with Crippen LogP contribution in [0.2, 0.25) is 0 Å². The van der Waals surface area contributed by atoms with Crippen LogP contribution in [-0.2, 0) is 15.8 Å². The molecule has 0 bridgehead atoms. The second-order valence-electron chi connectivity index (χ2n) is 7.37. The first-order chi connectivity index (χ1) is 16.9. The van der Waals surface area contributed by atoms with Crippen molar-refractivity contribution in [1.29, 1.82) is 0 Å². The number of thioether (sulfide) groups is 1. The van der Waals surface area contributed by atoms with Gasteiger partial charge in [0.1, 0.15) is 18.1 Å². The van der Waals surface area contributed by atoms with Crippen LogP contribution in [0.5, 0.6) is 11.6 Å². The van der Waals surface area contributed by atoms with Crippen LogP contribution >= 0.6 is 11.8 Å². The fourth-order valence-corrected chi connectivity index (χ4v) is 4.28. The van der Waals surface area contributed by atoms with Crippen molar-refractivity contribution >= 4 is 21.8 Å². The summed E-state index contributed by atoms with van der Waals surface area (Å²) >= 11 is 1.54. The Morgan fingerprint density at radius 2 is 1.83 bits per heavy atom. The van der Waals surface area contributed by atoms with E-state index in [0.29, 0.717) is 34.7 Å². The molecule has 4 rings (SSSR count). The van der Waals surface area contributed by atoms with Gasteiger partial charge in [-0.05, 0) is 42.5 Å². The Bertz CT molecular complexity index is 1340. The van der Waals surface area contributed by atoms with Gasteiger partial charge in [0.15, 0.2) is 5.76 Å². The van der Waals surface area contributed by atoms with E-state index < -0.39 is 10.0 Å². The monoisotopic (exact) mass is 512 g/mol. The highest BCUT2D eigenvalue weighted by Gasteiger charge is 2.18. The maximum atomic E-state index is 11.2. The molecule has 0 aliphatic heterocycles. The number of oxazole rings is 1. The van der Waals surface area contributed by atoms with E-state index in [0.717, 1.165) is 22.4 Å². The second kappa shape index (κ2) is 11.3. The normalized spacial score (nSPS) is 11.4. The topological polar surface area (TPSA) is 116 Å². The molecule has 0 unspecified atom stereocenters. The second-order valence-corrected chi connectivity index (χ2v) is 10.2. The molecule has 0 amide bonds. The molecule has 35 heavy (non-hydrogen) atoms. The van der Waals surface area contributed by atoms with E-state index in [2.05, 4.69) is 14.7 Å². The van der Waals surface area contributed by atoms with Crippen molar-refractivity contribution in [3.8, 4) is 34.2 Å². The minimum absolute atomic E-state index is 0.189. The van der Waals surface area contributed by atoms with Crippen molar-refractivity contribution in [2.45, 2.75) is 10.8 Å². The van der Waals surface area contributed by atoms with Crippen LogP contribution in [0.3, 0.4) is 0 Å². The van der Waals surface area contributed by atoms with E-state index in [-0.39, 0.29) is 13.2 Å². The number of nitrogens with zero attached hydrogens (tertiary/aromatic N) is 3. The summed E-state index contributed by atoms with van der Waals surface area (Å²) in [5.74, 6) is 2.81. The largest absolute Gasteiger partial charge is 0.492 e. The highest BCUT2D eigenvalue weighted by atomic mass is 32.2. The predicted octanol–water partition coefficient (Wildman–Crippen LogP) is 4.03. The lowest BCUT2D eigenvalue weighted by atomic mass is 10.1. The molecule has 0 aliphatic rings. The number of hydrogen-bond donors (Lipinski definition) is 1. The summed E-state index contributed by atoms with van der Waals surface area (Å²) in [4.78, 5) is 13.4. The van der Waals surface area contributed by atoms with Crippen LogP contribution in [-0.4, -0.2) is 49.9 Å². The number of rotatable bonds is 11. The molecular weight excluding hydrogens is 488 g/mol. The van der Waals surface area contributed by atoms with E-state index in [4.69, 9.17) is 18.9 Å². The number of hydrogen-bond acceptors (Lipinski definition) is 9. The molecule has 4 aromatic rings. The molecule has 0 spiro atoms. The summed E-state index contributed by atoms with van der Waals surface area (Å²) in [5, 5.41) is 0.881. The van der Waals surface area contributed by atoms with Crippen molar-refractivity contribution in [3.63, 3.8) is 0 Å². The van der Waals surface area contributed by atoms with Crippen molar-refractivity contribution < 1.29 is 22.3 Å². The van der Waals surface area contributed by atoms with Crippen LogP contribution in [0.1, 0.15) is 5.89 Å². The van der Waals surface area contributed by atoms with E-state index in [1.165, 1.54) is 11.8 Å². The number of pyridine rings is 2. The van der Waals surface area contributed by atoms with Gasteiger partial charge in [0.25, 0.3) is 0 Å². The molecular formula is C24H24N4O5S2. The predicted molar refractivity (Wildman–Crippen MR) is 134 cm³/mol.